The Bertz CT molecular complexity index is 517. The summed E-state index contributed by atoms with van der Waals surface area (Å²) in [6.07, 6.45) is 1.63. The second kappa shape index (κ2) is 4.18. The molecule has 0 fully saturated rings. The van der Waals surface area contributed by atoms with Crippen molar-refractivity contribution in [3.63, 3.8) is 0 Å². The van der Waals surface area contributed by atoms with Crippen molar-refractivity contribution >= 4 is 12.2 Å². The molecule has 0 unspecified atom stereocenters. The van der Waals surface area contributed by atoms with Gasteiger partial charge in [0.2, 0.25) is 0 Å². The van der Waals surface area contributed by atoms with Crippen LogP contribution in [-0.4, -0.2) is 16.3 Å². The third-order valence-electron chi connectivity index (χ3n) is 2.49. The lowest BCUT2D eigenvalue weighted by Gasteiger charge is -2.02. The number of H-pyrrole nitrogens is 1. The SMILES string of the molecule is CCc1[nH]c(N)nc1-c1ccccc1C=O. The third kappa shape index (κ3) is 1.69. The van der Waals surface area contributed by atoms with E-state index in [-0.39, 0.29) is 0 Å². The van der Waals surface area contributed by atoms with Gasteiger partial charge in [-0.3, -0.25) is 4.79 Å². The molecule has 2 rings (SSSR count). The first-order valence-electron chi connectivity index (χ1n) is 5.15. The number of rotatable bonds is 3. The minimum absolute atomic E-state index is 0.382. The maximum absolute atomic E-state index is 10.9. The van der Waals surface area contributed by atoms with E-state index < -0.39 is 0 Å². The van der Waals surface area contributed by atoms with Crippen LogP contribution in [0.25, 0.3) is 11.3 Å². The van der Waals surface area contributed by atoms with Gasteiger partial charge in [0.25, 0.3) is 0 Å². The van der Waals surface area contributed by atoms with Crippen molar-refractivity contribution in [3.8, 4) is 11.3 Å². The number of carbonyl (C=O) groups is 1. The van der Waals surface area contributed by atoms with Gasteiger partial charge >= 0.3 is 0 Å². The van der Waals surface area contributed by atoms with Crippen molar-refractivity contribution in [3.05, 3.63) is 35.5 Å². The lowest BCUT2D eigenvalue weighted by molar-refractivity contribution is 0.112. The molecule has 4 heteroatoms. The zero-order valence-corrected chi connectivity index (χ0v) is 9.03. The fourth-order valence-corrected chi connectivity index (χ4v) is 1.72. The van der Waals surface area contributed by atoms with E-state index in [0.717, 1.165) is 29.7 Å². The van der Waals surface area contributed by atoms with Crippen molar-refractivity contribution in [1.29, 1.82) is 0 Å². The number of aromatic nitrogens is 2. The molecule has 0 aliphatic rings. The molecule has 82 valence electrons. The first kappa shape index (κ1) is 10.4. The van der Waals surface area contributed by atoms with Crippen LogP contribution < -0.4 is 5.73 Å². The van der Waals surface area contributed by atoms with E-state index in [4.69, 9.17) is 5.73 Å². The summed E-state index contributed by atoms with van der Waals surface area (Å²) >= 11 is 0. The van der Waals surface area contributed by atoms with Crippen LogP contribution in [0.4, 0.5) is 5.95 Å². The molecule has 3 N–H and O–H groups in total. The summed E-state index contributed by atoms with van der Waals surface area (Å²) in [5, 5.41) is 0. The number of aldehydes is 1. The quantitative estimate of drug-likeness (QED) is 0.769. The highest BCUT2D eigenvalue weighted by Crippen LogP contribution is 2.25. The molecule has 0 amide bonds. The molecule has 1 aromatic carbocycles. The van der Waals surface area contributed by atoms with Gasteiger partial charge in [0.15, 0.2) is 12.2 Å². The maximum atomic E-state index is 10.9. The van der Waals surface area contributed by atoms with E-state index in [9.17, 15) is 4.79 Å². The predicted octanol–water partition coefficient (Wildman–Crippen LogP) is 2.03. The Kier molecular flexibility index (Phi) is 2.72. The molecule has 0 spiro atoms. The van der Waals surface area contributed by atoms with Gasteiger partial charge in [-0.1, -0.05) is 31.2 Å². The molecular weight excluding hydrogens is 202 g/mol. The molecule has 0 bridgehead atoms. The summed E-state index contributed by atoms with van der Waals surface area (Å²) in [6.45, 7) is 2.01. The van der Waals surface area contributed by atoms with Crippen LogP contribution in [0.15, 0.2) is 24.3 Å². The number of hydrogen-bond acceptors (Lipinski definition) is 3. The number of imidazole rings is 1. The van der Waals surface area contributed by atoms with Crippen LogP contribution in [0.1, 0.15) is 23.0 Å². The fraction of sp³-hybridized carbons (Fsp3) is 0.167. The highest BCUT2D eigenvalue weighted by Gasteiger charge is 2.12. The summed E-state index contributed by atoms with van der Waals surface area (Å²) < 4.78 is 0. The van der Waals surface area contributed by atoms with Gasteiger partial charge in [-0.15, -0.1) is 0 Å². The van der Waals surface area contributed by atoms with E-state index in [1.54, 1.807) is 6.07 Å². The highest BCUT2D eigenvalue weighted by molar-refractivity contribution is 5.87. The van der Waals surface area contributed by atoms with Gasteiger partial charge in [-0.05, 0) is 6.42 Å². The first-order chi connectivity index (χ1) is 7.76. The van der Waals surface area contributed by atoms with Gasteiger partial charge < -0.3 is 10.7 Å². The van der Waals surface area contributed by atoms with E-state index in [0.29, 0.717) is 11.5 Å². The lowest BCUT2D eigenvalue weighted by atomic mass is 10.0. The molecule has 0 aliphatic heterocycles. The Morgan fingerprint density at radius 2 is 2.19 bits per heavy atom. The van der Waals surface area contributed by atoms with E-state index in [1.165, 1.54) is 0 Å². The first-order valence-corrected chi connectivity index (χ1v) is 5.15. The fourth-order valence-electron chi connectivity index (χ4n) is 1.72. The third-order valence-corrected chi connectivity index (χ3v) is 2.49. The number of benzene rings is 1. The van der Waals surface area contributed by atoms with Gasteiger partial charge in [0, 0.05) is 16.8 Å². The highest BCUT2D eigenvalue weighted by atomic mass is 16.1. The Labute approximate surface area is 93.5 Å². The summed E-state index contributed by atoms with van der Waals surface area (Å²) in [7, 11) is 0. The molecule has 1 aromatic heterocycles. The Morgan fingerprint density at radius 3 is 2.88 bits per heavy atom. The van der Waals surface area contributed by atoms with Crippen LogP contribution in [0, 0.1) is 0 Å². The summed E-state index contributed by atoms with van der Waals surface area (Å²) in [6, 6.07) is 7.35. The Balaban J connectivity index is 2.61. The zero-order chi connectivity index (χ0) is 11.5. The zero-order valence-electron chi connectivity index (χ0n) is 9.03. The maximum Gasteiger partial charge on any atom is 0.198 e. The smallest absolute Gasteiger partial charge is 0.198 e. The molecule has 1 heterocycles. The van der Waals surface area contributed by atoms with Gasteiger partial charge in [-0.2, -0.15) is 0 Å². The van der Waals surface area contributed by atoms with Crippen molar-refractivity contribution in [2.45, 2.75) is 13.3 Å². The number of nitrogens with two attached hydrogens (primary N) is 1. The predicted molar refractivity (Wildman–Crippen MR) is 63.2 cm³/mol. The molecule has 0 saturated heterocycles. The lowest BCUT2D eigenvalue weighted by Crippen LogP contribution is -1.91. The summed E-state index contributed by atoms with van der Waals surface area (Å²) in [4.78, 5) is 18.2. The van der Waals surface area contributed by atoms with Gasteiger partial charge in [0.1, 0.15) is 0 Å². The Hall–Kier alpha value is -2.10. The normalized spacial score (nSPS) is 10.3. The average Bonchev–Trinajstić information content (AvgIpc) is 2.70. The number of nitrogen functional groups attached to an aromatic ring is 1. The Morgan fingerprint density at radius 1 is 1.44 bits per heavy atom. The number of nitrogens with zero attached hydrogens (tertiary/aromatic N) is 1. The minimum atomic E-state index is 0.382. The minimum Gasteiger partial charge on any atom is -0.369 e. The standard InChI is InChI=1S/C12H13N3O/c1-2-10-11(15-12(13)14-10)9-6-4-3-5-8(9)7-16/h3-7H,2H2,1H3,(H3,13,14,15). The van der Waals surface area contributed by atoms with Crippen molar-refractivity contribution in [1.82, 2.24) is 9.97 Å². The van der Waals surface area contributed by atoms with Crippen LogP contribution in [0.2, 0.25) is 0 Å². The molecular formula is C12H13N3O. The largest absolute Gasteiger partial charge is 0.369 e. The molecule has 0 atom stereocenters. The van der Waals surface area contributed by atoms with E-state index in [2.05, 4.69) is 9.97 Å². The van der Waals surface area contributed by atoms with Crippen molar-refractivity contribution in [2.24, 2.45) is 0 Å². The van der Waals surface area contributed by atoms with Crippen LogP contribution in [0.5, 0.6) is 0 Å². The average molecular weight is 215 g/mol. The van der Waals surface area contributed by atoms with Gasteiger partial charge in [-0.25, -0.2) is 4.98 Å². The number of aryl methyl sites for hydroxylation is 1. The summed E-state index contributed by atoms with van der Waals surface area (Å²) in [5.41, 5.74) is 8.80. The molecule has 0 saturated carbocycles. The van der Waals surface area contributed by atoms with Crippen molar-refractivity contribution in [2.75, 3.05) is 5.73 Å². The molecule has 16 heavy (non-hydrogen) atoms. The number of anilines is 1. The molecule has 0 aliphatic carbocycles. The number of hydrogen-bond donors (Lipinski definition) is 2. The van der Waals surface area contributed by atoms with E-state index >= 15 is 0 Å². The number of aromatic amines is 1. The second-order valence-electron chi connectivity index (χ2n) is 3.51. The van der Waals surface area contributed by atoms with Crippen LogP contribution in [-0.2, 0) is 6.42 Å². The topological polar surface area (TPSA) is 71.8 Å². The van der Waals surface area contributed by atoms with Crippen LogP contribution in [0.3, 0.4) is 0 Å². The van der Waals surface area contributed by atoms with Crippen molar-refractivity contribution < 1.29 is 4.79 Å². The molecule has 4 nitrogen and oxygen atoms in total. The second-order valence-corrected chi connectivity index (χ2v) is 3.51. The van der Waals surface area contributed by atoms with E-state index in [1.807, 2.05) is 25.1 Å². The van der Waals surface area contributed by atoms with Crippen LogP contribution >= 0.6 is 0 Å². The van der Waals surface area contributed by atoms with Gasteiger partial charge in [0.05, 0.1) is 5.69 Å². The monoisotopic (exact) mass is 215 g/mol. The number of carbonyl (C=O) groups excluding carboxylic acids is 1. The molecule has 0 radical (unpaired) electrons. The molecule has 2 aromatic rings. The number of nitrogens with one attached hydrogen (secondary N) is 1. The summed E-state index contributed by atoms with van der Waals surface area (Å²) in [5.74, 6) is 0.382.